The molecule has 1 aromatic heterocycles. The molecule has 0 N–H and O–H groups in total. The molecule has 3 aromatic rings. The van der Waals surface area contributed by atoms with Crippen LogP contribution in [-0.4, -0.2) is 0 Å². The van der Waals surface area contributed by atoms with Crippen LogP contribution in [0.25, 0.3) is 22.4 Å². The maximum Gasteiger partial charge on any atom is 0.213 e. The zero-order valence-corrected chi connectivity index (χ0v) is 20.2. The van der Waals surface area contributed by atoms with Crippen molar-refractivity contribution in [2.45, 2.75) is 76.5 Å². The lowest BCUT2D eigenvalue weighted by molar-refractivity contribution is -0.660. The molecule has 168 valence electrons. The summed E-state index contributed by atoms with van der Waals surface area (Å²) in [6.45, 7) is 2.32. The normalized spacial score (nSPS) is 27.2. The minimum Gasteiger partial charge on any atom is -0.201 e. The van der Waals surface area contributed by atoms with Gasteiger partial charge in [-0.1, -0.05) is 56.0 Å². The van der Waals surface area contributed by atoms with Crippen LogP contribution in [0.1, 0.15) is 91.0 Å². The van der Waals surface area contributed by atoms with E-state index < -0.39 is 0 Å². The van der Waals surface area contributed by atoms with E-state index >= 15 is 0 Å². The van der Waals surface area contributed by atoms with Crippen LogP contribution in [0.3, 0.4) is 0 Å². The Bertz CT molecular complexity index is 1250. The van der Waals surface area contributed by atoms with Crippen LogP contribution in [0.5, 0.6) is 0 Å². The van der Waals surface area contributed by atoms with E-state index in [1.165, 1.54) is 79.3 Å². The van der Waals surface area contributed by atoms with Gasteiger partial charge < -0.3 is 0 Å². The summed E-state index contributed by atoms with van der Waals surface area (Å²) in [5.74, 6) is 3.34. The van der Waals surface area contributed by atoms with Crippen LogP contribution in [0.2, 0.25) is 0 Å². The molecule has 0 spiro atoms. The van der Waals surface area contributed by atoms with E-state index in [0.29, 0.717) is 0 Å². The van der Waals surface area contributed by atoms with Crippen LogP contribution in [-0.2, 0) is 13.5 Å². The first-order valence-electron chi connectivity index (χ1n) is 13.4. The van der Waals surface area contributed by atoms with Crippen molar-refractivity contribution in [2.24, 2.45) is 18.9 Å². The maximum atomic E-state index is 2.56. The van der Waals surface area contributed by atoms with Crippen molar-refractivity contribution in [3.05, 3.63) is 76.5 Å². The largest absolute Gasteiger partial charge is 0.213 e. The Kier molecular flexibility index (Phi) is 4.58. The van der Waals surface area contributed by atoms with Crippen LogP contribution < -0.4 is 4.57 Å². The first-order valence-corrected chi connectivity index (χ1v) is 13.4. The molecule has 33 heavy (non-hydrogen) atoms. The standard InChI is InChI=1S/C32H36N/c1-20-12-13-28-27-11-5-10-26-25-9-4-8-23(17-25)21-6-3-7-22(16-21)24-14-15-33(2)31(18-24)32(20)30(28)19-29(26)27/h5,10-15,18,21-23,25H,3-4,6-9,16-17,19H2,1-2H3/q+1. The maximum absolute atomic E-state index is 2.56. The number of nitrogens with zero attached hydrogens (tertiary/aromatic N) is 1. The third-order valence-electron chi connectivity index (χ3n) is 9.81. The van der Waals surface area contributed by atoms with Crippen molar-refractivity contribution >= 4 is 0 Å². The highest BCUT2D eigenvalue weighted by Gasteiger charge is 2.36. The van der Waals surface area contributed by atoms with Crippen molar-refractivity contribution in [1.29, 1.82) is 0 Å². The number of rotatable bonds is 0. The van der Waals surface area contributed by atoms with E-state index in [-0.39, 0.29) is 0 Å². The van der Waals surface area contributed by atoms with Crippen LogP contribution in [0.15, 0.2) is 48.7 Å². The van der Waals surface area contributed by atoms with Gasteiger partial charge in [0.2, 0.25) is 5.69 Å². The van der Waals surface area contributed by atoms with Gasteiger partial charge in [-0.3, -0.25) is 0 Å². The van der Waals surface area contributed by atoms with E-state index in [9.17, 15) is 0 Å². The second kappa shape index (κ2) is 7.55. The monoisotopic (exact) mass is 434 g/mol. The van der Waals surface area contributed by atoms with Crippen molar-refractivity contribution in [3.63, 3.8) is 0 Å². The number of benzene rings is 2. The molecule has 0 amide bonds. The third-order valence-corrected chi connectivity index (χ3v) is 9.81. The fraction of sp³-hybridized carbons (Fsp3) is 0.469. The lowest BCUT2D eigenvalue weighted by atomic mass is 9.66. The second-order valence-electron chi connectivity index (χ2n) is 11.5. The number of aryl methyl sites for hydroxylation is 2. The molecule has 2 fully saturated rings. The Labute approximate surface area is 198 Å². The topological polar surface area (TPSA) is 3.88 Å². The average molecular weight is 435 g/mol. The Morgan fingerprint density at radius 3 is 2.39 bits per heavy atom. The molecular weight excluding hydrogens is 398 g/mol. The lowest BCUT2D eigenvalue weighted by Crippen LogP contribution is -2.32. The summed E-state index contributed by atoms with van der Waals surface area (Å²) in [6, 6.07) is 17.0. The molecule has 1 heterocycles. The van der Waals surface area contributed by atoms with Crippen molar-refractivity contribution in [2.75, 3.05) is 0 Å². The Balaban J connectivity index is 1.49. The van der Waals surface area contributed by atoms with E-state index in [1.807, 2.05) is 0 Å². The van der Waals surface area contributed by atoms with Gasteiger partial charge in [0.25, 0.3) is 0 Å². The second-order valence-corrected chi connectivity index (χ2v) is 11.5. The summed E-state index contributed by atoms with van der Waals surface area (Å²) >= 11 is 0. The molecular formula is C32H36N+. The first-order chi connectivity index (χ1) is 16.2. The zero-order chi connectivity index (χ0) is 22.1. The predicted octanol–water partition coefficient (Wildman–Crippen LogP) is 7.62. The van der Waals surface area contributed by atoms with Gasteiger partial charge in [0.05, 0.1) is 5.56 Å². The zero-order valence-electron chi connectivity index (χ0n) is 20.2. The smallest absolute Gasteiger partial charge is 0.201 e. The number of fused-ring (bicyclic) bond motifs is 11. The molecule has 7 rings (SSSR count). The van der Waals surface area contributed by atoms with Crippen LogP contribution in [0.4, 0.5) is 0 Å². The summed E-state index contributed by atoms with van der Waals surface area (Å²) in [5, 5.41) is 0. The Hall–Kier alpha value is -2.41. The molecule has 2 saturated carbocycles. The van der Waals surface area contributed by atoms with Gasteiger partial charge in [-0.15, -0.1) is 0 Å². The lowest BCUT2D eigenvalue weighted by Gasteiger charge is -2.39. The summed E-state index contributed by atoms with van der Waals surface area (Å²) in [5.41, 5.74) is 13.8. The van der Waals surface area contributed by atoms with E-state index in [1.54, 1.807) is 22.3 Å². The minimum absolute atomic E-state index is 0.737. The van der Waals surface area contributed by atoms with E-state index in [2.05, 4.69) is 67.2 Å². The van der Waals surface area contributed by atoms with Gasteiger partial charge in [0, 0.05) is 12.1 Å². The molecule has 4 unspecified atom stereocenters. The number of hydrogen-bond acceptors (Lipinski definition) is 0. The highest BCUT2D eigenvalue weighted by atomic mass is 14.9. The Morgan fingerprint density at radius 2 is 1.55 bits per heavy atom. The van der Waals surface area contributed by atoms with Gasteiger partial charge in [-0.2, -0.15) is 0 Å². The average Bonchev–Trinajstić information content (AvgIpc) is 3.23. The number of hydrogen-bond donors (Lipinski definition) is 0. The van der Waals surface area contributed by atoms with Gasteiger partial charge in [0.1, 0.15) is 7.05 Å². The summed E-state index contributed by atoms with van der Waals surface area (Å²) in [6.07, 6.45) is 14.8. The molecule has 1 nitrogen and oxygen atoms in total. The van der Waals surface area contributed by atoms with Crippen LogP contribution >= 0.6 is 0 Å². The van der Waals surface area contributed by atoms with Crippen molar-refractivity contribution < 1.29 is 4.57 Å². The molecule has 4 atom stereocenters. The highest BCUT2D eigenvalue weighted by Crippen LogP contribution is 2.51. The van der Waals surface area contributed by atoms with Crippen molar-refractivity contribution in [3.8, 4) is 22.4 Å². The summed E-state index contributed by atoms with van der Waals surface area (Å²) in [7, 11) is 2.24. The van der Waals surface area contributed by atoms with E-state index in [4.69, 9.17) is 0 Å². The molecule has 2 aromatic carbocycles. The molecule has 0 saturated heterocycles. The fourth-order valence-electron chi connectivity index (χ4n) is 8.16. The van der Waals surface area contributed by atoms with Gasteiger partial charge >= 0.3 is 0 Å². The van der Waals surface area contributed by atoms with Crippen molar-refractivity contribution in [1.82, 2.24) is 0 Å². The fourth-order valence-corrected chi connectivity index (χ4v) is 8.16. The van der Waals surface area contributed by atoms with Crippen LogP contribution in [0, 0.1) is 18.8 Å². The van der Waals surface area contributed by atoms with Gasteiger partial charge in [-0.25, -0.2) is 4.57 Å². The molecule has 4 aliphatic carbocycles. The minimum atomic E-state index is 0.737. The summed E-state index contributed by atoms with van der Waals surface area (Å²) in [4.78, 5) is 0. The predicted molar refractivity (Wildman–Crippen MR) is 135 cm³/mol. The molecule has 8 bridgehead atoms. The quantitative estimate of drug-likeness (QED) is 0.251. The van der Waals surface area contributed by atoms with Gasteiger partial charge in [-0.05, 0) is 102 Å². The molecule has 0 aliphatic heterocycles. The number of pyridine rings is 1. The molecule has 4 aliphatic rings. The first kappa shape index (κ1) is 20.0. The number of aromatic nitrogens is 1. The van der Waals surface area contributed by atoms with E-state index in [0.717, 1.165) is 30.1 Å². The molecule has 0 radical (unpaired) electrons. The Morgan fingerprint density at radius 1 is 0.788 bits per heavy atom. The highest BCUT2D eigenvalue weighted by molar-refractivity contribution is 5.85. The van der Waals surface area contributed by atoms with Gasteiger partial charge in [0.15, 0.2) is 6.20 Å². The third kappa shape index (κ3) is 3.07. The summed E-state index contributed by atoms with van der Waals surface area (Å²) < 4.78 is 2.37. The molecule has 1 heteroatoms. The SMILES string of the molecule is Cc1ccc2c3c1-c1cc(cc[n+]1C)C1CCCC(C1)C1CCCC(C1)c1cccc-2c1C3.